The maximum atomic E-state index is 11.7. The van der Waals surface area contributed by atoms with E-state index in [4.69, 9.17) is 5.73 Å². The third-order valence-corrected chi connectivity index (χ3v) is 3.51. The normalized spacial score (nSPS) is 10.9. The highest BCUT2D eigenvalue weighted by Gasteiger charge is 2.04. The highest BCUT2D eigenvalue weighted by Crippen LogP contribution is 2.15. The van der Waals surface area contributed by atoms with Crippen LogP contribution in [-0.4, -0.2) is 9.55 Å². The number of thiazole rings is 1. The molecule has 0 atom stereocenters. The Labute approximate surface area is 107 Å². The zero-order valence-corrected chi connectivity index (χ0v) is 10.4. The van der Waals surface area contributed by atoms with Gasteiger partial charge in [0, 0.05) is 23.0 Å². The number of fused-ring (bicyclic) bond motifs is 1. The average Bonchev–Trinajstić information content (AvgIpc) is 2.79. The number of pyridine rings is 1. The smallest absolute Gasteiger partial charge is 0.189 e. The minimum atomic E-state index is 0.0413. The molecular weight excluding hydrogens is 246 g/mol. The number of aromatic nitrogens is 2. The molecule has 0 saturated heterocycles. The van der Waals surface area contributed by atoms with E-state index < -0.39 is 0 Å². The number of anilines is 1. The highest BCUT2D eigenvalue weighted by molar-refractivity contribution is 7.13. The van der Waals surface area contributed by atoms with Gasteiger partial charge in [0.25, 0.3) is 0 Å². The second kappa shape index (κ2) is 4.27. The molecule has 3 aromatic rings. The molecule has 0 radical (unpaired) electrons. The van der Waals surface area contributed by atoms with Crippen LogP contribution in [0.25, 0.3) is 10.9 Å². The van der Waals surface area contributed by atoms with Crippen molar-refractivity contribution in [3.8, 4) is 0 Å². The van der Waals surface area contributed by atoms with Crippen LogP contribution in [0.15, 0.2) is 46.7 Å². The van der Waals surface area contributed by atoms with Crippen LogP contribution in [-0.2, 0) is 6.54 Å². The third-order valence-electron chi connectivity index (χ3n) is 2.79. The van der Waals surface area contributed by atoms with Crippen LogP contribution in [0.5, 0.6) is 0 Å². The fraction of sp³-hybridized carbons (Fsp3) is 0.0769. The van der Waals surface area contributed by atoms with Gasteiger partial charge >= 0.3 is 0 Å². The molecule has 0 aliphatic carbocycles. The third kappa shape index (κ3) is 1.89. The summed E-state index contributed by atoms with van der Waals surface area (Å²) in [5, 5.41) is 3.22. The van der Waals surface area contributed by atoms with Gasteiger partial charge in [0.1, 0.15) is 0 Å². The van der Waals surface area contributed by atoms with E-state index in [0.717, 1.165) is 16.6 Å². The summed E-state index contributed by atoms with van der Waals surface area (Å²) in [7, 11) is 0. The summed E-state index contributed by atoms with van der Waals surface area (Å²) in [6.45, 7) is 0.620. The molecule has 0 unspecified atom stereocenters. The van der Waals surface area contributed by atoms with Crippen LogP contribution in [0.4, 0.5) is 5.13 Å². The SMILES string of the molecule is Nc1nc(Cn2ccc(=O)c3ccccc32)cs1. The fourth-order valence-electron chi connectivity index (χ4n) is 1.97. The van der Waals surface area contributed by atoms with Gasteiger partial charge in [0.05, 0.1) is 17.8 Å². The van der Waals surface area contributed by atoms with Crippen LogP contribution in [0, 0.1) is 0 Å². The van der Waals surface area contributed by atoms with Gasteiger partial charge in [-0.3, -0.25) is 4.79 Å². The van der Waals surface area contributed by atoms with E-state index >= 15 is 0 Å². The minimum Gasteiger partial charge on any atom is -0.375 e. The van der Waals surface area contributed by atoms with Gasteiger partial charge in [-0.1, -0.05) is 12.1 Å². The van der Waals surface area contributed by atoms with Crippen LogP contribution in [0.1, 0.15) is 5.69 Å². The molecular formula is C13H11N3OS. The lowest BCUT2D eigenvalue weighted by atomic mass is 10.2. The second-order valence-corrected chi connectivity index (χ2v) is 4.89. The summed E-state index contributed by atoms with van der Waals surface area (Å²) in [6.07, 6.45) is 1.79. The number of hydrogen-bond acceptors (Lipinski definition) is 4. The van der Waals surface area contributed by atoms with Gasteiger partial charge in [0.15, 0.2) is 10.6 Å². The van der Waals surface area contributed by atoms with E-state index in [9.17, 15) is 4.79 Å². The Balaban J connectivity index is 2.12. The molecule has 0 bridgehead atoms. The molecule has 2 aromatic heterocycles. The van der Waals surface area contributed by atoms with Crippen molar-refractivity contribution in [3.63, 3.8) is 0 Å². The number of nitrogens with zero attached hydrogens (tertiary/aromatic N) is 2. The first-order valence-corrected chi connectivity index (χ1v) is 6.40. The van der Waals surface area contributed by atoms with E-state index in [1.165, 1.54) is 11.3 Å². The number of benzene rings is 1. The zero-order valence-electron chi connectivity index (χ0n) is 9.54. The van der Waals surface area contributed by atoms with Crippen LogP contribution in [0.3, 0.4) is 0 Å². The molecule has 2 N–H and O–H groups in total. The molecule has 1 aromatic carbocycles. The van der Waals surface area contributed by atoms with Crippen molar-refractivity contribution < 1.29 is 0 Å². The Kier molecular flexibility index (Phi) is 2.60. The standard InChI is InChI=1S/C13H11N3OS/c14-13-15-9(8-18-13)7-16-6-5-12(17)10-3-1-2-4-11(10)16/h1-6,8H,7H2,(H2,14,15). The first-order chi connectivity index (χ1) is 8.74. The molecule has 0 amide bonds. The van der Waals surface area contributed by atoms with Crippen molar-refractivity contribution in [2.75, 3.05) is 5.73 Å². The molecule has 3 rings (SSSR count). The van der Waals surface area contributed by atoms with Crippen molar-refractivity contribution in [3.05, 3.63) is 57.8 Å². The molecule has 4 nitrogen and oxygen atoms in total. The van der Waals surface area contributed by atoms with Gasteiger partial charge in [-0.05, 0) is 12.1 Å². The van der Waals surface area contributed by atoms with Crippen molar-refractivity contribution >= 4 is 27.4 Å². The zero-order chi connectivity index (χ0) is 12.5. The van der Waals surface area contributed by atoms with Gasteiger partial charge in [0.2, 0.25) is 0 Å². The van der Waals surface area contributed by atoms with E-state index in [-0.39, 0.29) is 5.43 Å². The summed E-state index contributed by atoms with van der Waals surface area (Å²) in [4.78, 5) is 16.0. The Morgan fingerprint density at radius 1 is 1.28 bits per heavy atom. The quantitative estimate of drug-likeness (QED) is 0.764. The largest absolute Gasteiger partial charge is 0.375 e. The molecule has 18 heavy (non-hydrogen) atoms. The van der Waals surface area contributed by atoms with Crippen molar-refractivity contribution in [1.29, 1.82) is 0 Å². The number of hydrogen-bond donors (Lipinski definition) is 1. The van der Waals surface area contributed by atoms with Crippen molar-refractivity contribution in [1.82, 2.24) is 9.55 Å². The molecule has 90 valence electrons. The van der Waals surface area contributed by atoms with Crippen LogP contribution < -0.4 is 11.2 Å². The Bertz CT molecular complexity index is 760. The molecule has 0 aliphatic heterocycles. The van der Waals surface area contributed by atoms with Crippen LogP contribution in [0.2, 0.25) is 0 Å². The molecule has 5 heteroatoms. The summed E-state index contributed by atoms with van der Waals surface area (Å²) in [5.74, 6) is 0. The Morgan fingerprint density at radius 3 is 2.89 bits per heavy atom. The summed E-state index contributed by atoms with van der Waals surface area (Å²) >= 11 is 1.42. The minimum absolute atomic E-state index is 0.0413. The predicted molar refractivity (Wildman–Crippen MR) is 73.8 cm³/mol. The lowest BCUT2D eigenvalue weighted by Crippen LogP contribution is -2.08. The molecule has 0 fully saturated rings. The lowest BCUT2D eigenvalue weighted by Gasteiger charge is -2.08. The Morgan fingerprint density at radius 2 is 2.11 bits per heavy atom. The van der Waals surface area contributed by atoms with Gasteiger partial charge < -0.3 is 10.3 Å². The van der Waals surface area contributed by atoms with E-state index in [0.29, 0.717) is 11.7 Å². The molecule has 0 spiro atoms. The van der Waals surface area contributed by atoms with Crippen molar-refractivity contribution in [2.24, 2.45) is 0 Å². The van der Waals surface area contributed by atoms with E-state index in [2.05, 4.69) is 4.98 Å². The topological polar surface area (TPSA) is 60.9 Å². The highest BCUT2D eigenvalue weighted by atomic mass is 32.1. The fourth-order valence-corrected chi connectivity index (χ4v) is 2.52. The Hall–Kier alpha value is -2.14. The van der Waals surface area contributed by atoms with Gasteiger partial charge in [-0.25, -0.2) is 4.98 Å². The van der Waals surface area contributed by atoms with E-state index in [1.54, 1.807) is 12.3 Å². The summed E-state index contributed by atoms with van der Waals surface area (Å²) < 4.78 is 2.01. The summed E-state index contributed by atoms with van der Waals surface area (Å²) in [6, 6.07) is 9.15. The average molecular weight is 257 g/mol. The number of rotatable bonds is 2. The monoisotopic (exact) mass is 257 g/mol. The van der Waals surface area contributed by atoms with Crippen LogP contribution >= 0.6 is 11.3 Å². The second-order valence-electron chi connectivity index (χ2n) is 4.00. The molecule has 0 aliphatic rings. The predicted octanol–water partition coefficient (Wildman–Crippen LogP) is 2.09. The summed E-state index contributed by atoms with van der Waals surface area (Å²) in [5.41, 5.74) is 7.48. The number of nitrogens with two attached hydrogens (primary N) is 1. The maximum absolute atomic E-state index is 11.7. The molecule has 0 saturated carbocycles. The first kappa shape index (κ1) is 11.0. The van der Waals surface area contributed by atoms with E-state index in [1.807, 2.05) is 34.2 Å². The lowest BCUT2D eigenvalue weighted by molar-refractivity contribution is 0.806. The molecule has 2 heterocycles. The number of nitrogen functional groups attached to an aromatic ring is 1. The maximum Gasteiger partial charge on any atom is 0.189 e. The first-order valence-electron chi connectivity index (χ1n) is 5.52. The number of para-hydroxylation sites is 1. The van der Waals surface area contributed by atoms with Gasteiger partial charge in [-0.15, -0.1) is 11.3 Å². The van der Waals surface area contributed by atoms with Crippen molar-refractivity contribution in [2.45, 2.75) is 6.54 Å². The van der Waals surface area contributed by atoms with Gasteiger partial charge in [-0.2, -0.15) is 0 Å².